The highest BCUT2D eigenvalue weighted by molar-refractivity contribution is 14.0. The molecule has 26 heavy (non-hydrogen) atoms. The minimum atomic E-state index is 0. The Morgan fingerprint density at radius 1 is 1.35 bits per heavy atom. The molecule has 0 spiro atoms. The molecule has 1 aromatic rings. The molecule has 0 aromatic carbocycles. The number of anilines is 1. The third kappa shape index (κ3) is 8.90. The maximum absolute atomic E-state index is 5.65. The van der Waals surface area contributed by atoms with Crippen molar-refractivity contribution in [1.29, 1.82) is 0 Å². The number of guanidine groups is 1. The maximum Gasteiger partial charge on any atom is 0.191 e. The van der Waals surface area contributed by atoms with Crippen LogP contribution >= 0.6 is 35.3 Å². The lowest BCUT2D eigenvalue weighted by atomic mass is 10.1. The van der Waals surface area contributed by atoms with Crippen LogP contribution in [0.1, 0.15) is 40.0 Å². The smallest absolute Gasteiger partial charge is 0.191 e. The number of halogens is 1. The summed E-state index contributed by atoms with van der Waals surface area (Å²) in [5.41, 5.74) is 0. The summed E-state index contributed by atoms with van der Waals surface area (Å²) < 4.78 is 5.65. The van der Waals surface area contributed by atoms with E-state index in [1.54, 1.807) is 0 Å². The molecule has 1 saturated heterocycles. The van der Waals surface area contributed by atoms with Crippen LogP contribution in [0, 0.1) is 5.92 Å². The Bertz CT molecular complexity index is 488. The molecular formula is C19H35IN4OS. The highest BCUT2D eigenvalue weighted by Gasteiger charge is 2.20. The first-order chi connectivity index (χ1) is 12.2. The lowest BCUT2D eigenvalue weighted by molar-refractivity contribution is 0.130. The molecule has 0 unspecified atom stereocenters. The van der Waals surface area contributed by atoms with Crippen molar-refractivity contribution in [1.82, 2.24) is 10.6 Å². The van der Waals surface area contributed by atoms with E-state index in [1.165, 1.54) is 5.00 Å². The molecular weight excluding hydrogens is 459 g/mol. The second kappa shape index (κ2) is 13.6. The van der Waals surface area contributed by atoms with E-state index >= 15 is 0 Å². The first-order valence-electron chi connectivity index (χ1n) is 9.60. The summed E-state index contributed by atoms with van der Waals surface area (Å²) in [6, 6.07) is 4.84. The highest BCUT2D eigenvalue weighted by atomic mass is 127. The van der Waals surface area contributed by atoms with Crippen LogP contribution in [0.25, 0.3) is 0 Å². The summed E-state index contributed by atoms with van der Waals surface area (Å²) >= 11 is 1.83. The van der Waals surface area contributed by atoms with Gasteiger partial charge in [0.15, 0.2) is 5.96 Å². The number of ether oxygens (including phenoxy) is 1. The fourth-order valence-electron chi connectivity index (χ4n) is 2.85. The molecule has 0 amide bonds. The lowest BCUT2D eigenvalue weighted by Gasteiger charge is -2.33. The third-order valence-electron chi connectivity index (χ3n) is 4.34. The molecule has 0 aliphatic carbocycles. The largest absolute Gasteiger partial charge is 0.380 e. The van der Waals surface area contributed by atoms with Crippen LogP contribution < -0.4 is 15.5 Å². The number of nitrogens with one attached hydrogen (secondary N) is 2. The predicted molar refractivity (Wildman–Crippen MR) is 124 cm³/mol. The van der Waals surface area contributed by atoms with Crippen molar-refractivity contribution in [3.63, 3.8) is 0 Å². The second-order valence-electron chi connectivity index (χ2n) is 6.91. The molecule has 1 aliphatic heterocycles. The Morgan fingerprint density at radius 3 is 2.73 bits per heavy atom. The van der Waals surface area contributed by atoms with E-state index in [0.29, 0.717) is 25.1 Å². The molecule has 5 nitrogen and oxygen atoms in total. The van der Waals surface area contributed by atoms with Crippen molar-refractivity contribution in [2.24, 2.45) is 10.9 Å². The molecule has 0 atom stereocenters. The fraction of sp³-hybridized carbons (Fsp3) is 0.737. The number of nitrogens with zero attached hydrogens (tertiary/aromatic N) is 2. The minimum absolute atomic E-state index is 0. The molecule has 0 saturated carbocycles. The SMILES string of the molecule is CCNC(=NCCOCCC(C)C)NC1CCN(c2cccs2)CC1.I. The van der Waals surface area contributed by atoms with Crippen LogP contribution in [0.15, 0.2) is 22.5 Å². The number of thiophene rings is 1. The molecule has 0 radical (unpaired) electrons. The third-order valence-corrected chi connectivity index (χ3v) is 5.27. The van der Waals surface area contributed by atoms with Crippen molar-refractivity contribution < 1.29 is 4.74 Å². The van der Waals surface area contributed by atoms with Gasteiger partial charge in [0.25, 0.3) is 0 Å². The van der Waals surface area contributed by atoms with Crippen molar-refractivity contribution in [2.45, 2.75) is 46.1 Å². The zero-order chi connectivity index (χ0) is 17.9. The summed E-state index contributed by atoms with van der Waals surface area (Å²) in [6.45, 7) is 11.9. The first-order valence-corrected chi connectivity index (χ1v) is 10.5. The summed E-state index contributed by atoms with van der Waals surface area (Å²) in [7, 11) is 0. The van der Waals surface area contributed by atoms with Crippen LogP contribution in [-0.4, -0.2) is 51.4 Å². The van der Waals surface area contributed by atoms with Crippen LogP contribution in [0.3, 0.4) is 0 Å². The molecule has 1 fully saturated rings. The maximum atomic E-state index is 5.65. The highest BCUT2D eigenvalue weighted by Crippen LogP contribution is 2.24. The molecule has 2 rings (SSSR count). The van der Waals surface area contributed by atoms with Gasteiger partial charge < -0.3 is 20.3 Å². The summed E-state index contributed by atoms with van der Waals surface area (Å²) in [5.74, 6) is 1.62. The van der Waals surface area contributed by atoms with Crippen LogP contribution in [0.5, 0.6) is 0 Å². The Labute approximate surface area is 180 Å². The second-order valence-corrected chi connectivity index (χ2v) is 7.84. The molecule has 1 aliphatic rings. The molecule has 0 bridgehead atoms. The Balaban J connectivity index is 0.00000338. The Hall–Kier alpha value is -0.540. The number of hydrogen-bond acceptors (Lipinski definition) is 4. The minimum Gasteiger partial charge on any atom is -0.380 e. The Morgan fingerprint density at radius 2 is 2.12 bits per heavy atom. The van der Waals surface area contributed by atoms with Gasteiger partial charge >= 0.3 is 0 Å². The van der Waals surface area contributed by atoms with Gasteiger partial charge in [-0.3, -0.25) is 4.99 Å². The van der Waals surface area contributed by atoms with Crippen LogP contribution in [-0.2, 0) is 4.74 Å². The number of aliphatic imine (C=N–C) groups is 1. The quantitative estimate of drug-likeness (QED) is 0.236. The molecule has 150 valence electrons. The van der Waals surface area contributed by atoms with E-state index in [4.69, 9.17) is 4.74 Å². The van der Waals surface area contributed by atoms with Crippen molar-refractivity contribution in [3.05, 3.63) is 17.5 Å². The van der Waals surface area contributed by atoms with Crippen molar-refractivity contribution in [3.8, 4) is 0 Å². The van der Waals surface area contributed by atoms with E-state index in [9.17, 15) is 0 Å². The normalized spacial score (nSPS) is 15.8. The van der Waals surface area contributed by atoms with E-state index in [1.807, 2.05) is 11.3 Å². The van der Waals surface area contributed by atoms with Gasteiger partial charge in [0.2, 0.25) is 0 Å². The van der Waals surface area contributed by atoms with E-state index in [-0.39, 0.29) is 24.0 Å². The standard InChI is InChI=1S/C19H34N4OS.HI/c1-4-20-19(21-10-14-24-13-9-16(2)3)22-17-7-11-23(12-8-17)18-6-5-15-25-18;/h5-6,15-17H,4,7-14H2,1-3H3,(H2,20,21,22);1H. The number of rotatable bonds is 9. The van der Waals surface area contributed by atoms with Gasteiger partial charge in [-0.05, 0) is 49.6 Å². The van der Waals surface area contributed by atoms with Crippen molar-refractivity contribution >= 4 is 46.3 Å². The van der Waals surface area contributed by atoms with E-state index < -0.39 is 0 Å². The average Bonchev–Trinajstić information content (AvgIpc) is 3.13. The number of hydrogen-bond donors (Lipinski definition) is 2. The molecule has 2 N–H and O–H groups in total. The van der Waals surface area contributed by atoms with Crippen LogP contribution in [0.4, 0.5) is 5.00 Å². The molecule has 7 heteroatoms. The predicted octanol–water partition coefficient (Wildman–Crippen LogP) is 3.95. The van der Waals surface area contributed by atoms with Gasteiger partial charge in [-0.1, -0.05) is 13.8 Å². The molecule has 2 heterocycles. The van der Waals surface area contributed by atoms with Gasteiger partial charge in [0.05, 0.1) is 18.2 Å². The Kier molecular flexibility index (Phi) is 12.3. The molecule has 1 aromatic heterocycles. The van der Waals surface area contributed by atoms with Gasteiger partial charge in [0.1, 0.15) is 0 Å². The fourth-order valence-corrected chi connectivity index (χ4v) is 3.64. The van der Waals surface area contributed by atoms with E-state index in [0.717, 1.165) is 51.5 Å². The zero-order valence-corrected chi connectivity index (χ0v) is 19.5. The summed E-state index contributed by atoms with van der Waals surface area (Å²) in [4.78, 5) is 7.13. The monoisotopic (exact) mass is 494 g/mol. The van der Waals surface area contributed by atoms with E-state index in [2.05, 4.69) is 58.8 Å². The van der Waals surface area contributed by atoms with Gasteiger partial charge in [0, 0.05) is 32.3 Å². The number of piperidine rings is 1. The van der Waals surface area contributed by atoms with Crippen molar-refractivity contribution in [2.75, 3.05) is 44.3 Å². The summed E-state index contributed by atoms with van der Waals surface area (Å²) in [6.07, 6.45) is 3.41. The first kappa shape index (κ1) is 23.5. The van der Waals surface area contributed by atoms with Gasteiger partial charge in [-0.25, -0.2) is 0 Å². The summed E-state index contributed by atoms with van der Waals surface area (Å²) in [5, 5.41) is 10.5. The lowest BCUT2D eigenvalue weighted by Crippen LogP contribution is -2.48. The topological polar surface area (TPSA) is 48.9 Å². The van der Waals surface area contributed by atoms with Gasteiger partial charge in [-0.2, -0.15) is 0 Å². The van der Waals surface area contributed by atoms with Gasteiger partial charge in [-0.15, -0.1) is 35.3 Å². The van der Waals surface area contributed by atoms with Crippen LogP contribution in [0.2, 0.25) is 0 Å². The zero-order valence-electron chi connectivity index (χ0n) is 16.4. The average molecular weight is 494 g/mol.